The van der Waals surface area contributed by atoms with Crippen LogP contribution in [-0.4, -0.2) is 21.5 Å². The average molecular weight is 282 g/mol. The van der Waals surface area contributed by atoms with Gasteiger partial charge in [0.25, 0.3) is 0 Å². The zero-order chi connectivity index (χ0) is 14.0. The van der Waals surface area contributed by atoms with Gasteiger partial charge in [-0.05, 0) is 30.7 Å². The summed E-state index contributed by atoms with van der Waals surface area (Å²) in [5, 5.41) is 0. The first-order chi connectivity index (χ1) is 8.18. The highest BCUT2D eigenvalue weighted by atomic mass is 32.2. The molecule has 0 atom stereocenters. The SMILES string of the molecule is Cc1cc(C(F)(F)F)ccc1S(=O)(=O)NCCN. The van der Waals surface area contributed by atoms with Gasteiger partial charge in [0.05, 0.1) is 10.5 Å². The maximum atomic E-state index is 12.4. The summed E-state index contributed by atoms with van der Waals surface area (Å²) in [7, 11) is -3.81. The zero-order valence-electron chi connectivity index (χ0n) is 9.58. The molecule has 1 aromatic rings. The number of nitrogens with two attached hydrogens (primary N) is 1. The van der Waals surface area contributed by atoms with E-state index in [1.54, 1.807) is 0 Å². The van der Waals surface area contributed by atoms with Crippen LogP contribution in [0.15, 0.2) is 23.1 Å². The first kappa shape index (κ1) is 14.9. The molecular formula is C10H13F3N2O2S. The molecule has 0 bridgehead atoms. The van der Waals surface area contributed by atoms with Gasteiger partial charge in [-0.3, -0.25) is 0 Å². The molecule has 1 rings (SSSR count). The summed E-state index contributed by atoms with van der Waals surface area (Å²) in [5.41, 5.74) is 4.32. The molecule has 18 heavy (non-hydrogen) atoms. The second kappa shape index (κ2) is 5.25. The highest BCUT2D eigenvalue weighted by Crippen LogP contribution is 2.31. The van der Waals surface area contributed by atoms with Crippen molar-refractivity contribution in [3.05, 3.63) is 29.3 Å². The quantitative estimate of drug-likeness (QED) is 0.873. The molecule has 0 aromatic heterocycles. The smallest absolute Gasteiger partial charge is 0.329 e. The van der Waals surface area contributed by atoms with E-state index in [-0.39, 0.29) is 23.5 Å². The van der Waals surface area contributed by atoms with E-state index in [0.29, 0.717) is 0 Å². The minimum absolute atomic E-state index is 0.0306. The van der Waals surface area contributed by atoms with Crippen LogP contribution in [0.25, 0.3) is 0 Å². The Bertz CT molecular complexity index is 526. The van der Waals surface area contributed by atoms with E-state index in [0.717, 1.165) is 18.2 Å². The van der Waals surface area contributed by atoms with Crippen molar-refractivity contribution in [1.82, 2.24) is 4.72 Å². The van der Waals surface area contributed by atoms with Crippen molar-refractivity contribution in [2.24, 2.45) is 5.73 Å². The molecule has 0 fully saturated rings. The van der Waals surface area contributed by atoms with Crippen molar-refractivity contribution in [3.8, 4) is 0 Å². The van der Waals surface area contributed by atoms with Gasteiger partial charge in [-0.25, -0.2) is 13.1 Å². The molecule has 0 saturated heterocycles. The topological polar surface area (TPSA) is 72.2 Å². The zero-order valence-corrected chi connectivity index (χ0v) is 10.4. The van der Waals surface area contributed by atoms with Crippen LogP contribution in [0.3, 0.4) is 0 Å². The second-order valence-electron chi connectivity index (χ2n) is 3.66. The summed E-state index contributed by atoms with van der Waals surface area (Å²) >= 11 is 0. The van der Waals surface area contributed by atoms with E-state index >= 15 is 0 Å². The molecular weight excluding hydrogens is 269 g/mol. The Morgan fingerprint density at radius 2 is 1.94 bits per heavy atom. The van der Waals surface area contributed by atoms with E-state index < -0.39 is 21.8 Å². The lowest BCUT2D eigenvalue weighted by molar-refractivity contribution is -0.137. The third kappa shape index (κ3) is 3.44. The summed E-state index contributed by atoms with van der Waals surface area (Å²) in [4.78, 5) is -0.177. The van der Waals surface area contributed by atoms with Gasteiger partial charge in [0.15, 0.2) is 0 Å². The summed E-state index contributed by atoms with van der Waals surface area (Å²) in [5.74, 6) is 0. The number of rotatable bonds is 4. The normalized spacial score (nSPS) is 12.7. The molecule has 0 radical (unpaired) electrons. The summed E-state index contributed by atoms with van der Waals surface area (Å²) in [6.07, 6.45) is -4.49. The Morgan fingerprint density at radius 3 is 2.39 bits per heavy atom. The maximum Gasteiger partial charge on any atom is 0.416 e. The predicted molar refractivity (Wildman–Crippen MR) is 60.4 cm³/mol. The fourth-order valence-corrected chi connectivity index (χ4v) is 2.67. The standard InChI is InChI=1S/C10H13F3N2O2S/c1-7-6-8(10(11,12)13)2-3-9(7)18(16,17)15-5-4-14/h2-3,6,15H,4-5,14H2,1H3. The number of halogens is 3. The lowest BCUT2D eigenvalue weighted by Crippen LogP contribution is -2.29. The van der Waals surface area contributed by atoms with Crippen molar-refractivity contribution in [1.29, 1.82) is 0 Å². The van der Waals surface area contributed by atoms with Gasteiger partial charge in [0.2, 0.25) is 10.0 Å². The third-order valence-electron chi connectivity index (χ3n) is 2.23. The number of sulfonamides is 1. The lowest BCUT2D eigenvalue weighted by atomic mass is 10.1. The van der Waals surface area contributed by atoms with E-state index in [1.165, 1.54) is 6.92 Å². The molecule has 8 heteroatoms. The van der Waals surface area contributed by atoms with Crippen LogP contribution in [0, 0.1) is 6.92 Å². The molecule has 0 aliphatic carbocycles. The maximum absolute atomic E-state index is 12.4. The molecule has 0 aliphatic rings. The Labute approximate surface area is 103 Å². The average Bonchev–Trinajstić information content (AvgIpc) is 2.24. The lowest BCUT2D eigenvalue weighted by Gasteiger charge is -2.12. The van der Waals surface area contributed by atoms with Crippen LogP contribution >= 0.6 is 0 Å². The second-order valence-corrected chi connectivity index (χ2v) is 5.40. The van der Waals surface area contributed by atoms with Crippen LogP contribution in [0.4, 0.5) is 13.2 Å². The van der Waals surface area contributed by atoms with Crippen molar-refractivity contribution in [2.45, 2.75) is 18.0 Å². The number of alkyl halides is 3. The Morgan fingerprint density at radius 1 is 1.33 bits per heavy atom. The molecule has 3 N–H and O–H groups in total. The van der Waals surface area contributed by atoms with Gasteiger partial charge in [-0.2, -0.15) is 13.2 Å². The van der Waals surface area contributed by atoms with E-state index in [9.17, 15) is 21.6 Å². The number of aryl methyl sites for hydroxylation is 1. The van der Waals surface area contributed by atoms with E-state index in [4.69, 9.17) is 5.73 Å². The van der Waals surface area contributed by atoms with E-state index in [2.05, 4.69) is 4.72 Å². The molecule has 0 heterocycles. The molecule has 1 aromatic carbocycles. The first-order valence-corrected chi connectivity index (χ1v) is 6.54. The Kier molecular flexibility index (Phi) is 4.36. The van der Waals surface area contributed by atoms with Crippen molar-refractivity contribution in [2.75, 3.05) is 13.1 Å². The molecule has 0 aliphatic heterocycles. The van der Waals surface area contributed by atoms with Gasteiger partial charge < -0.3 is 5.73 Å². The highest BCUT2D eigenvalue weighted by Gasteiger charge is 2.31. The number of nitrogens with one attached hydrogen (secondary N) is 1. The summed E-state index contributed by atoms with van der Waals surface area (Å²) in [6, 6.07) is 2.48. The van der Waals surface area contributed by atoms with Crippen LogP contribution < -0.4 is 10.5 Å². The van der Waals surface area contributed by atoms with Crippen LogP contribution in [-0.2, 0) is 16.2 Å². The molecule has 102 valence electrons. The van der Waals surface area contributed by atoms with Gasteiger partial charge in [-0.1, -0.05) is 0 Å². The van der Waals surface area contributed by atoms with Crippen LogP contribution in [0.5, 0.6) is 0 Å². The van der Waals surface area contributed by atoms with E-state index in [1.807, 2.05) is 0 Å². The minimum atomic E-state index is -4.49. The van der Waals surface area contributed by atoms with Gasteiger partial charge in [0, 0.05) is 13.1 Å². The molecule has 0 amide bonds. The fourth-order valence-electron chi connectivity index (χ4n) is 1.40. The molecule has 4 nitrogen and oxygen atoms in total. The molecule has 0 spiro atoms. The van der Waals surface area contributed by atoms with Gasteiger partial charge >= 0.3 is 6.18 Å². The summed E-state index contributed by atoms with van der Waals surface area (Å²) in [6.45, 7) is 1.45. The third-order valence-corrected chi connectivity index (χ3v) is 3.85. The van der Waals surface area contributed by atoms with Crippen LogP contribution in [0.1, 0.15) is 11.1 Å². The largest absolute Gasteiger partial charge is 0.416 e. The monoisotopic (exact) mass is 282 g/mol. The number of hydrogen-bond acceptors (Lipinski definition) is 3. The Balaban J connectivity index is 3.14. The number of hydrogen-bond donors (Lipinski definition) is 2. The fraction of sp³-hybridized carbons (Fsp3) is 0.400. The summed E-state index contributed by atoms with van der Waals surface area (Å²) < 4.78 is 62.9. The molecule has 0 saturated carbocycles. The predicted octanol–water partition coefficient (Wildman–Crippen LogP) is 1.25. The first-order valence-electron chi connectivity index (χ1n) is 5.06. The van der Waals surface area contributed by atoms with Crippen molar-refractivity contribution in [3.63, 3.8) is 0 Å². The minimum Gasteiger partial charge on any atom is -0.329 e. The number of benzene rings is 1. The molecule has 0 unspecified atom stereocenters. The highest BCUT2D eigenvalue weighted by molar-refractivity contribution is 7.89. The van der Waals surface area contributed by atoms with Crippen LogP contribution in [0.2, 0.25) is 0 Å². The van der Waals surface area contributed by atoms with Gasteiger partial charge in [0.1, 0.15) is 0 Å². The van der Waals surface area contributed by atoms with Crippen molar-refractivity contribution >= 4 is 10.0 Å². The Hall–Kier alpha value is -1.12. The van der Waals surface area contributed by atoms with Gasteiger partial charge in [-0.15, -0.1) is 0 Å². The van der Waals surface area contributed by atoms with Crippen molar-refractivity contribution < 1.29 is 21.6 Å².